The molecule has 0 saturated heterocycles. The lowest BCUT2D eigenvalue weighted by Crippen LogP contribution is -2.03. The zero-order chi connectivity index (χ0) is 15.9. The Morgan fingerprint density at radius 3 is 2.23 bits per heavy atom. The summed E-state index contributed by atoms with van der Waals surface area (Å²) in [7, 11) is 0. The number of nitrogen functional groups attached to an aromatic ring is 1. The van der Waals surface area contributed by atoms with Crippen molar-refractivity contribution in [1.29, 1.82) is 0 Å². The van der Waals surface area contributed by atoms with Crippen LogP contribution in [0.5, 0.6) is 0 Å². The highest BCUT2D eigenvalue weighted by molar-refractivity contribution is 5.76. The minimum atomic E-state index is 0.570. The van der Waals surface area contributed by atoms with E-state index in [9.17, 15) is 0 Å². The summed E-state index contributed by atoms with van der Waals surface area (Å²) in [6.45, 7) is 8.31. The highest BCUT2D eigenvalue weighted by atomic mass is 15.5. The van der Waals surface area contributed by atoms with Gasteiger partial charge >= 0.3 is 0 Å². The number of aryl methyl sites for hydroxylation is 4. The zero-order valence-electron chi connectivity index (χ0n) is 13.4. The van der Waals surface area contributed by atoms with E-state index >= 15 is 0 Å². The molecule has 0 aliphatic carbocycles. The molecule has 2 N–H and O–H groups in total. The van der Waals surface area contributed by atoms with E-state index in [1.165, 1.54) is 16.7 Å². The van der Waals surface area contributed by atoms with Crippen LogP contribution in [0.3, 0.4) is 0 Å². The first-order valence-corrected chi connectivity index (χ1v) is 7.34. The van der Waals surface area contributed by atoms with Crippen molar-refractivity contribution in [3.05, 3.63) is 58.7 Å². The van der Waals surface area contributed by atoms with Crippen molar-refractivity contribution in [3.8, 4) is 16.9 Å². The second-order valence-electron chi connectivity index (χ2n) is 5.85. The van der Waals surface area contributed by atoms with Crippen LogP contribution in [0.4, 0.5) is 5.82 Å². The van der Waals surface area contributed by atoms with Gasteiger partial charge in [0.15, 0.2) is 5.82 Å². The Hall–Kier alpha value is -2.62. The summed E-state index contributed by atoms with van der Waals surface area (Å²) >= 11 is 0. The SMILES string of the molecule is Cc1cccc(-n2nnc(-c3c(C)cc(C)cc3C)c2N)c1. The summed E-state index contributed by atoms with van der Waals surface area (Å²) in [5, 5.41) is 8.58. The molecule has 3 aromatic rings. The van der Waals surface area contributed by atoms with Gasteiger partial charge in [0.1, 0.15) is 5.69 Å². The molecule has 112 valence electrons. The molecule has 0 saturated carbocycles. The number of benzene rings is 2. The van der Waals surface area contributed by atoms with Gasteiger partial charge in [-0.3, -0.25) is 0 Å². The maximum absolute atomic E-state index is 6.33. The van der Waals surface area contributed by atoms with E-state index in [1.807, 2.05) is 31.2 Å². The summed E-state index contributed by atoms with van der Waals surface area (Å²) in [5.41, 5.74) is 13.8. The Bertz CT molecular complexity index is 823. The average molecular weight is 292 g/mol. The molecule has 0 bridgehead atoms. The predicted octanol–water partition coefficient (Wildman–Crippen LogP) is 3.75. The van der Waals surface area contributed by atoms with Crippen LogP contribution in [0.15, 0.2) is 36.4 Å². The van der Waals surface area contributed by atoms with Gasteiger partial charge < -0.3 is 5.73 Å². The summed E-state index contributed by atoms with van der Waals surface area (Å²) in [5.74, 6) is 0.570. The standard InChI is InChI=1S/C18H20N4/c1-11-6-5-7-15(10-11)22-18(19)17(20-21-22)16-13(3)8-12(2)9-14(16)4/h5-10H,19H2,1-4H3. The smallest absolute Gasteiger partial charge is 0.155 e. The van der Waals surface area contributed by atoms with Crippen molar-refractivity contribution in [1.82, 2.24) is 15.0 Å². The van der Waals surface area contributed by atoms with E-state index in [0.717, 1.165) is 22.5 Å². The molecule has 0 atom stereocenters. The van der Waals surface area contributed by atoms with Gasteiger partial charge in [0.2, 0.25) is 0 Å². The normalized spacial score (nSPS) is 10.9. The molecule has 0 amide bonds. The number of aromatic nitrogens is 3. The lowest BCUT2D eigenvalue weighted by molar-refractivity contribution is 0.809. The van der Waals surface area contributed by atoms with Gasteiger partial charge in [-0.05, 0) is 56.5 Å². The molecule has 1 heterocycles. The van der Waals surface area contributed by atoms with Gasteiger partial charge in [0.25, 0.3) is 0 Å². The van der Waals surface area contributed by atoms with E-state index in [2.05, 4.69) is 43.2 Å². The second kappa shape index (κ2) is 5.30. The number of hydrogen-bond acceptors (Lipinski definition) is 3. The fraction of sp³-hybridized carbons (Fsp3) is 0.222. The monoisotopic (exact) mass is 292 g/mol. The third-order valence-corrected chi connectivity index (χ3v) is 3.87. The second-order valence-corrected chi connectivity index (χ2v) is 5.85. The minimum absolute atomic E-state index is 0.570. The van der Waals surface area contributed by atoms with Gasteiger partial charge in [-0.15, -0.1) is 5.10 Å². The first kappa shape index (κ1) is 14.3. The molecule has 0 radical (unpaired) electrons. The predicted molar refractivity (Wildman–Crippen MR) is 90.2 cm³/mol. The maximum atomic E-state index is 6.33. The first-order valence-electron chi connectivity index (χ1n) is 7.34. The van der Waals surface area contributed by atoms with Gasteiger partial charge in [-0.1, -0.05) is 35.0 Å². The Labute approximate surface area is 130 Å². The Balaban J connectivity index is 2.16. The van der Waals surface area contributed by atoms with Crippen LogP contribution in [0.2, 0.25) is 0 Å². The van der Waals surface area contributed by atoms with Gasteiger partial charge in [0.05, 0.1) is 5.69 Å². The Kier molecular flexibility index (Phi) is 3.45. The Morgan fingerprint density at radius 1 is 0.909 bits per heavy atom. The van der Waals surface area contributed by atoms with Crippen molar-refractivity contribution in [2.24, 2.45) is 0 Å². The first-order chi connectivity index (χ1) is 10.5. The molecular weight excluding hydrogens is 272 g/mol. The van der Waals surface area contributed by atoms with Crippen molar-refractivity contribution >= 4 is 5.82 Å². The third kappa shape index (κ3) is 2.37. The summed E-state index contributed by atoms with van der Waals surface area (Å²) in [6, 6.07) is 12.4. The van der Waals surface area contributed by atoms with Crippen LogP contribution < -0.4 is 5.73 Å². The molecule has 22 heavy (non-hydrogen) atoms. The van der Waals surface area contributed by atoms with Crippen molar-refractivity contribution in [2.75, 3.05) is 5.73 Å². The summed E-state index contributed by atoms with van der Waals surface area (Å²) in [4.78, 5) is 0. The molecule has 2 aromatic carbocycles. The number of hydrogen-bond donors (Lipinski definition) is 1. The summed E-state index contributed by atoms with van der Waals surface area (Å²) < 4.78 is 1.70. The molecule has 0 aliphatic heterocycles. The van der Waals surface area contributed by atoms with Crippen LogP contribution in [-0.4, -0.2) is 15.0 Å². The molecule has 0 fully saturated rings. The lowest BCUT2D eigenvalue weighted by atomic mass is 9.97. The molecule has 3 rings (SSSR count). The molecule has 1 aromatic heterocycles. The molecule has 4 nitrogen and oxygen atoms in total. The molecule has 0 spiro atoms. The molecular formula is C18H20N4. The van der Waals surface area contributed by atoms with E-state index in [1.54, 1.807) is 4.68 Å². The van der Waals surface area contributed by atoms with Crippen LogP contribution in [0, 0.1) is 27.7 Å². The molecule has 0 aliphatic rings. The molecule has 0 unspecified atom stereocenters. The van der Waals surface area contributed by atoms with E-state index in [4.69, 9.17) is 5.73 Å². The van der Waals surface area contributed by atoms with E-state index < -0.39 is 0 Å². The quantitative estimate of drug-likeness (QED) is 0.782. The maximum Gasteiger partial charge on any atom is 0.155 e. The van der Waals surface area contributed by atoms with Crippen molar-refractivity contribution < 1.29 is 0 Å². The third-order valence-electron chi connectivity index (χ3n) is 3.87. The fourth-order valence-electron chi connectivity index (χ4n) is 2.97. The van der Waals surface area contributed by atoms with E-state index in [-0.39, 0.29) is 0 Å². The highest BCUT2D eigenvalue weighted by Gasteiger charge is 2.17. The van der Waals surface area contributed by atoms with Crippen molar-refractivity contribution in [3.63, 3.8) is 0 Å². The van der Waals surface area contributed by atoms with Crippen LogP contribution in [-0.2, 0) is 0 Å². The van der Waals surface area contributed by atoms with Gasteiger partial charge in [-0.2, -0.15) is 4.68 Å². The van der Waals surface area contributed by atoms with Crippen molar-refractivity contribution in [2.45, 2.75) is 27.7 Å². The van der Waals surface area contributed by atoms with Crippen LogP contribution in [0.25, 0.3) is 16.9 Å². The van der Waals surface area contributed by atoms with Crippen LogP contribution >= 0.6 is 0 Å². The zero-order valence-corrected chi connectivity index (χ0v) is 13.4. The minimum Gasteiger partial charge on any atom is -0.382 e. The topological polar surface area (TPSA) is 56.7 Å². The number of nitrogens with two attached hydrogens (primary N) is 1. The highest BCUT2D eigenvalue weighted by Crippen LogP contribution is 2.31. The van der Waals surface area contributed by atoms with Gasteiger partial charge in [-0.25, -0.2) is 0 Å². The number of anilines is 1. The van der Waals surface area contributed by atoms with Gasteiger partial charge in [0, 0.05) is 5.56 Å². The Morgan fingerprint density at radius 2 is 1.59 bits per heavy atom. The lowest BCUT2D eigenvalue weighted by Gasteiger charge is -2.10. The largest absolute Gasteiger partial charge is 0.382 e. The molecule has 4 heteroatoms. The van der Waals surface area contributed by atoms with E-state index in [0.29, 0.717) is 5.82 Å². The summed E-state index contributed by atoms with van der Waals surface area (Å²) in [6.07, 6.45) is 0. The fourth-order valence-corrected chi connectivity index (χ4v) is 2.97. The van der Waals surface area contributed by atoms with Crippen LogP contribution in [0.1, 0.15) is 22.3 Å². The number of rotatable bonds is 2. The average Bonchev–Trinajstić information content (AvgIpc) is 2.80. The number of nitrogens with zero attached hydrogens (tertiary/aromatic N) is 3.